The van der Waals surface area contributed by atoms with Crippen molar-refractivity contribution >= 4 is 34.9 Å². The van der Waals surface area contributed by atoms with Crippen LogP contribution in [0.5, 0.6) is 11.5 Å². The molecule has 1 aromatic heterocycles. The Morgan fingerprint density at radius 3 is 2.40 bits per heavy atom. The minimum absolute atomic E-state index is 0.103. The number of hydrogen-bond donors (Lipinski definition) is 1. The maximum absolute atomic E-state index is 12.7. The van der Waals surface area contributed by atoms with Crippen molar-refractivity contribution in [2.75, 3.05) is 27.3 Å². The number of methoxy groups -OCH3 is 2. The molecular weight excluding hydrogens is 466 g/mol. The highest BCUT2D eigenvalue weighted by molar-refractivity contribution is 8.18. The van der Waals surface area contributed by atoms with Gasteiger partial charge in [0.1, 0.15) is 0 Å². The summed E-state index contributed by atoms with van der Waals surface area (Å²) in [6.07, 6.45) is 5.76. The maximum atomic E-state index is 12.7. The van der Waals surface area contributed by atoms with Crippen molar-refractivity contribution < 1.29 is 23.9 Å². The number of carbonyl (C=O) groups excluding carboxylic acids is 3. The van der Waals surface area contributed by atoms with Crippen LogP contribution in [0.25, 0.3) is 11.8 Å². The summed E-state index contributed by atoms with van der Waals surface area (Å²) in [7, 11) is 3.07. The smallest absolute Gasteiger partial charge is 0.293 e. The number of thioether (sulfide) groups is 1. The number of amides is 3. The fourth-order valence-electron chi connectivity index (χ4n) is 3.63. The summed E-state index contributed by atoms with van der Waals surface area (Å²) in [5, 5.41) is 2.42. The predicted octanol–water partition coefficient (Wildman–Crippen LogP) is 3.89. The molecule has 8 nitrogen and oxygen atoms in total. The number of aromatic nitrogens is 1. The first-order valence-electron chi connectivity index (χ1n) is 10.9. The molecule has 3 aromatic rings. The Balaban J connectivity index is 1.29. The molecule has 3 amide bonds. The highest BCUT2D eigenvalue weighted by Crippen LogP contribution is 2.34. The van der Waals surface area contributed by atoms with E-state index in [0.29, 0.717) is 22.0 Å². The molecule has 2 heterocycles. The van der Waals surface area contributed by atoms with Crippen LogP contribution in [0.15, 0.2) is 71.9 Å². The molecule has 9 heteroatoms. The van der Waals surface area contributed by atoms with E-state index in [0.717, 1.165) is 27.9 Å². The van der Waals surface area contributed by atoms with Gasteiger partial charge in [-0.05, 0) is 65.4 Å². The van der Waals surface area contributed by atoms with Crippen molar-refractivity contribution in [3.8, 4) is 17.2 Å². The quantitative estimate of drug-likeness (QED) is 0.457. The number of imide groups is 1. The molecule has 0 aliphatic carbocycles. The number of ether oxygens (including phenoxy) is 2. The van der Waals surface area contributed by atoms with Gasteiger partial charge in [0.2, 0.25) is 5.91 Å². The van der Waals surface area contributed by atoms with E-state index in [1.165, 1.54) is 7.11 Å². The van der Waals surface area contributed by atoms with Crippen LogP contribution in [0.1, 0.15) is 11.1 Å². The van der Waals surface area contributed by atoms with Gasteiger partial charge in [-0.1, -0.05) is 18.2 Å². The zero-order valence-electron chi connectivity index (χ0n) is 19.4. The molecule has 1 fully saturated rings. The highest BCUT2D eigenvalue weighted by Gasteiger charge is 2.34. The van der Waals surface area contributed by atoms with E-state index >= 15 is 0 Å². The van der Waals surface area contributed by atoms with Crippen LogP contribution in [-0.4, -0.2) is 53.8 Å². The molecule has 0 bridgehead atoms. The Morgan fingerprint density at radius 2 is 1.71 bits per heavy atom. The molecule has 180 valence electrons. The third-order valence-electron chi connectivity index (χ3n) is 5.44. The molecule has 35 heavy (non-hydrogen) atoms. The summed E-state index contributed by atoms with van der Waals surface area (Å²) < 4.78 is 12.5. The van der Waals surface area contributed by atoms with Crippen LogP contribution >= 0.6 is 11.8 Å². The highest BCUT2D eigenvalue weighted by atomic mass is 32.2. The van der Waals surface area contributed by atoms with Gasteiger partial charge in [-0.25, -0.2) is 0 Å². The van der Waals surface area contributed by atoms with Crippen molar-refractivity contribution in [1.29, 1.82) is 0 Å². The zero-order valence-corrected chi connectivity index (χ0v) is 20.2. The first-order valence-corrected chi connectivity index (χ1v) is 11.8. The third kappa shape index (κ3) is 5.75. The Kier molecular flexibility index (Phi) is 7.57. The summed E-state index contributed by atoms with van der Waals surface area (Å²) >= 11 is 0.873. The van der Waals surface area contributed by atoms with Crippen LogP contribution in [0.2, 0.25) is 0 Å². The van der Waals surface area contributed by atoms with Gasteiger partial charge in [-0.2, -0.15) is 0 Å². The molecule has 1 saturated heterocycles. The van der Waals surface area contributed by atoms with E-state index < -0.39 is 0 Å². The standard InChI is InChI=1S/C26H25N3O5S/c1-33-21-10-7-19(15-22(21)34-2)16-23-25(31)29(26(32)35-23)14-11-27-24(30)17-18-5-8-20(9-6-18)28-12-3-4-13-28/h3-10,12-13,15-16H,11,14,17H2,1-2H3,(H,27,30)/b23-16-. The minimum Gasteiger partial charge on any atom is -0.493 e. The van der Waals surface area contributed by atoms with Gasteiger partial charge in [-0.3, -0.25) is 19.3 Å². The van der Waals surface area contributed by atoms with E-state index in [4.69, 9.17) is 9.47 Å². The van der Waals surface area contributed by atoms with E-state index in [1.54, 1.807) is 31.4 Å². The lowest BCUT2D eigenvalue weighted by atomic mass is 10.1. The van der Waals surface area contributed by atoms with Crippen LogP contribution < -0.4 is 14.8 Å². The van der Waals surface area contributed by atoms with Crippen LogP contribution in [0.4, 0.5) is 4.79 Å². The van der Waals surface area contributed by atoms with Gasteiger partial charge in [0, 0.05) is 31.2 Å². The van der Waals surface area contributed by atoms with Gasteiger partial charge < -0.3 is 19.4 Å². The van der Waals surface area contributed by atoms with E-state index in [2.05, 4.69) is 5.32 Å². The average Bonchev–Trinajstić information content (AvgIpc) is 3.49. The number of benzene rings is 2. The lowest BCUT2D eigenvalue weighted by Crippen LogP contribution is -2.37. The van der Waals surface area contributed by atoms with Crippen molar-refractivity contribution in [3.05, 3.63) is 83.0 Å². The Labute approximate surface area is 207 Å². The average molecular weight is 492 g/mol. The van der Waals surface area contributed by atoms with Gasteiger partial charge in [-0.15, -0.1) is 0 Å². The minimum atomic E-state index is -0.385. The lowest BCUT2D eigenvalue weighted by molar-refractivity contribution is -0.124. The maximum Gasteiger partial charge on any atom is 0.293 e. The molecule has 0 radical (unpaired) electrons. The molecule has 1 aliphatic heterocycles. The summed E-state index contributed by atoms with van der Waals surface area (Å²) in [5.41, 5.74) is 2.60. The van der Waals surface area contributed by atoms with Crippen molar-refractivity contribution in [3.63, 3.8) is 0 Å². The van der Waals surface area contributed by atoms with E-state index in [1.807, 2.05) is 53.4 Å². The molecule has 1 N–H and O–H groups in total. The van der Waals surface area contributed by atoms with Gasteiger partial charge in [0.15, 0.2) is 11.5 Å². The van der Waals surface area contributed by atoms with Crippen molar-refractivity contribution in [2.24, 2.45) is 0 Å². The Hall–Kier alpha value is -3.98. The monoisotopic (exact) mass is 491 g/mol. The summed E-state index contributed by atoms with van der Waals surface area (Å²) in [6.45, 7) is 0.286. The molecule has 4 rings (SSSR count). The largest absolute Gasteiger partial charge is 0.493 e. The molecule has 1 aliphatic rings. The first-order chi connectivity index (χ1) is 17.0. The number of rotatable bonds is 9. The lowest BCUT2D eigenvalue weighted by Gasteiger charge is -2.13. The Bertz CT molecular complexity index is 1250. The summed E-state index contributed by atoms with van der Waals surface area (Å²) in [5.74, 6) is 0.545. The molecule has 0 saturated carbocycles. The van der Waals surface area contributed by atoms with Crippen LogP contribution in [0.3, 0.4) is 0 Å². The second kappa shape index (κ2) is 11.0. The predicted molar refractivity (Wildman–Crippen MR) is 135 cm³/mol. The van der Waals surface area contributed by atoms with Crippen molar-refractivity contribution in [2.45, 2.75) is 6.42 Å². The van der Waals surface area contributed by atoms with E-state index in [9.17, 15) is 14.4 Å². The van der Waals surface area contributed by atoms with Crippen LogP contribution in [-0.2, 0) is 16.0 Å². The zero-order chi connectivity index (χ0) is 24.8. The third-order valence-corrected chi connectivity index (χ3v) is 6.35. The Morgan fingerprint density at radius 1 is 1.00 bits per heavy atom. The molecule has 0 unspecified atom stereocenters. The van der Waals surface area contributed by atoms with Crippen LogP contribution in [0, 0.1) is 0 Å². The second-order valence-corrected chi connectivity index (χ2v) is 8.72. The molecular formula is C26H25N3O5S. The fourth-order valence-corrected chi connectivity index (χ4v) is 4.50. The van der Waals surface area contributed by atoms with E-state index in [-0.39, 0.29) is 36.6 Å². The summed E-state index contributed by atoms with van der Waals surface area (Å²) in [4.78, 5) is 38.9. The van der Waals surface area contributed by atoms with Gasteiger partial charge >= 0.3 is 0 Å². The normalized spacial score (nSPS) is 14.5. The topological polar surface area (TPSA) is 89.9 Å². The van der Waals surface area contributed by atoms with Gasteiger partial charge in [0.05, 0.1) is 25.5 Å². The molecule has 2 aromatic carbocycles. The number of hydrogen-bond acceptors (Lipinski definition) is 6. The molecule has 0 atom stereocenters. The SMILES string of the molecule is COc1ccc(/C=C2\SC(=O)N(CCNC(=O)Cc3ccc(-n4cccc4)cc3)C2=O)cc1OC. The van der Waals surface area contributed by atoms with Crippen molar-refractivity contribution in [1.82, 2.24) is 14.8 Å². The summed E-state index contributed by atoms with van der Waals surface area (Å²) in [6, 6.07) is 16.9. The van der Waals surface area contributed by atoms with Gasteiger partial charge in [0.25, 0.3) is 11.1 Å². The number of carbonyl (C=O) groups is 3. The number of nitrogens with zero attached hydrogens (tertiary/aromatic N) is 2. The molecule has 0 spiro atoms. The number of nitrogens with one attached hydrogen (secondary N) is 1. The first kappa shape index (κ1) is 24.2. The fraction of sp³-hybridized carbons (Fsp3) is 0.192. The second-order valence-electron chi connectivity index (χ2n) is 7.73.